The van der Waals surface area contributed by atoms with E-state index < -0.39 is 12.0 Å². The zero-order valence-electron chi connectivity index (χ0n) is 17.8. The Morgan fingerprint density at radius 3 is 2.61 bits per heavy atom. The summed E-state index contributed by atoms with van der Waals surface area (Å²) in [6.07, 6.45) is 9.59. The van der Waals surface area contributed by atoms with Crippen LogP contribution in [0.1, 0.15) is 85.0 Å². The number of allylic oxidation sites excluding steroid dienone is 1. The molecule has 3 fully saturated rings. The molecule has 3 saturated carbocycles. The average molecular weight is 397 g/mol. The molecule has 28 heavy (non-hydrogen) atoms. The van der Waals surface area contributed by atoms with Gasteiger partial charge in [-0.2, -0.15) is 0 Å². The van der Waals surface area contributed by atoms with Crippen molar-refractivity contribution >= 4 is 0 Å². The van der Waals surface area contributed by atoms with Crippen molar-refractivity contribution in [2.24, 2.45) is 34.5 Å². The van der Waals surface area contributed by atoms with Crippen molar-refractivity contribution in [2.75, 3.05) is 0 Å². The Kier molecular flexibility index (Phi) is 5.23. The van der Waals surface area contributed by atoms with Crippen LogP contribution in [0, 0.1) is 34.5 Å². The first-order valence-corrected chi connectivity index (χ1v) is 11.5. The fourth-order valence-electron chi connectivity index (χ4n) is 7.80. The number of halogens is 2. The van der Waals surface area contributed by atoms with Gasteiger partial charge in [-0.05, 0) is 99.2 Å². The Morgan fingerprint density at radius 2 is 1.89 bits per heavy atom. The van der Waals surface area contributed by atoms with Crippen molar-refractivity contribution in [3.63, 3.8) is 0 Å². The van der Waals surface area contributed by atoms with E-state index >= 15 is 0 Å². The molecule has 2 nitrogen and oxygen atoms in total. The molecule has 0 heterocycles. The first-order valence-electron chi connectivity index (χ1n) is 11.5. The smallest absolute Gasteiger partial charge is 0.273 e. The van der Waals surface area contributed by atoms with E-state index in [-0.39, 0.29) is 23.4 Å². The van der Waals surface area contributed by atoms with E-state index in [2.05, 4.69) is 19.9 Å². The zero-order chi connectivity index (χ0) is 20.3. The number of rotatable bonds is 4. The fourth-order valence-corrected chi connectivity index (χ4v) is 7.80. The summed E-state index contributed by atoms with van der Waals surface area (Å²) in [6.45, 7) is 6.01. The predicted octanol–water partition coefficient (Wildman–Crippen LogP) is 5.72. The standard InChI is InChI=1S/C24H38F2O2/c1-15(27)24(25,26)13-8-16-5-7-20-19-6-4-17-14-18(28)9-11-23(17,3)21(19)10-12-22(16,20)2/h4,15-16,18-21,27-28H,5-14H2,1-3H3. The summed E-state index contributed by atoms with van der Waals surface area (Å²) in [6, 6.07) is 0. The second-order valence-electron chi connectivity index (χ2n) is 11.0. The van der Waals surface area contributed by atoms with Gasteiger partial charge in [-0.1, -0.05) is 25.5 Å². The van der Waals surface area contributed by atoms with Gasteiger partial charge in [0, 0.05) is 6.42 Å². The van der Waals surface area contributed by atoms with E-state index in [1.807, 2.05) is 0 Å². The summed E-state index contributed by atoms with van der Waals surface area (Å²) in [7, 11) is 0. The Labute approximate surface area is 168 Å². The van der Waals surface area contributed by atoms with E-state index in [1.165, 1.54) is 25.3 Å². The summed E-state index contributed by atoms with van der Waals surface area (Å²) >= 11 is 0. The van der Waals surface area contributed by atoms with Crippen LogP contribution in [0.3, 0.4) is 0 Å². The second-order valence-corrected chi connectivity index (χ2v) is 11.0. The van der Waals surface area contributed by atoms with Gasteiger partial charge in [0.2, 0.25) is 0 Å². The third kappa shape index (κ3) is 3.17. The minimum absolute atomic E-state index is 0.170. The maximum atomic E-state index is 14.0. The maximum absolute atomic E-state index is 14.0. The normalized spacial score (nSPS) is 47.0. The van der Waals surface area contributed by atoms with Crippen molar-refractivity contribution in [1.29, 1.82) is 0 Å². The van der Waals surface area contributed by atoms with E-state index in [1.54, 1.807) is 0 Å². The van der Waals surface area contributed by atoms with Crippen LogP contribution in [0.2, 0.25) is 0 Å². The van der Waals surface area contributed by atoms with Crippen LogP contribution in [-0.2, 0) is 0 Å². The second kappa shape index (κ2) is 7.04. The Balaban J connectivity index is 1.51. The van der Waals surface area contributed by atoms with Crippen molar-refractivity contribution in [3.05, 3.63) is 11.6 Å². The number of fused-ring (bicyclic) bond motifs is 5. The van der Waals surface area contributed by atoms with E-state index in [0.29, 0.717) is 30.1 Å². The molecule has 0 bridgehead atoms. The highest BCUT2D eigenvalue weighted by Gasteiger charge is 2.58. The number of aliphatic hydroxyl groups is 2. The van der Waals surface area contributed by atoms with Crippen molar-refractivity contribution in [2.45, 2.75) is 103 Å². The highest BCUT2D eigenvalue weighted by atomic mass is 19.3. The molecule has 0 aromatic heterocycles. The maximum Gasteiger partial charge on any atom is 0.273 e. The first-order chi connectivity index (χ1) is 13.1. The average Bonchev–Trinajstić information content (AvgIpc) is 2.97. The van der Waals surface area contributed by atoms with Crippen LogP contribution in [0.4, 0.5) is 8.78 Å². The molecule has 4 aliphatic carbocycles. The van der Waals surface area contributed by atoms with Crippen LogP contribution in [-0.4, -0.2) is 28.3 Å². The van der Waals surface area contributed by atoms with Crippen molar-refractivity contribution in [1.82, 2.24) is 0 Å². The molecule has 8 atom stereocenters. The van der Waals surface area contributed by atoms with Gasteiger partial charge in [0.1, 0.15) is 6.10 Å². The van der Waals surface area contributed by atoms with Crippen molar-refractivity contribution < 1.29 is 19.0 Å². The number of hydrogen-bond acceptors (Lipinski definition) is 2. The van der Waals surface area contributed by atoms with Crippen LogP contribution in [0.25, 0.3) is 0 Å². The Bertz CT molecular complexity index is 630. The van der Waals surface area contributed by atoms with Gasteiger partial charge in [-0.25, -0.2) is 8.78 Å². The SMILES string of the molecule is CC(O)C(F)(F)CCC1CCC2C3CC=C4CC(O)CCC4(C)C3CCC12C. The number of alkyl halides is 2. The summed E-state index contributed by atoms with van der Waals surface area (Å²) in [5, 5.41) is 19.5. The van der Waals surface area contributed by atoms with Crippen molar-refractivity contribution in [3.8, 4) is 0 Å². The molecular formula is C24H38F2O2. The molecule has 0 aliphatic heterocycles. The summed E-state index contributed by atoms with van der Waals surface area (Å²) in [4.78, 5) is 0. The lowest BCUT2D eigenvalue weighted by Gasteiger charge is -2.58. The van der Waals surface area contributed by atoms with Gasteiger partial charge in [0.25, 0.3) is 5.92 Å². The van der Waals surface area contributed by atoms with Gasteiger partial charge >= 0.3 is 0 Å². The Hall–Kier alpha value is -0.480. The lowest BCUT2D eigenvalue weighted by Crippen LogP contribution is -2.50. The number of aliphatic hydroxyl groups excluding tert-OH is 2. The molecule has 4 rings (SSSR count). The summed E-state index contributed by atoms with van der Waals surface area (Å²) < 4.78 is 28.0. The predicted molar refractivity (Wildman–Crippen MR) is 107 cm³/mol. The third-order valence-electron chi connectivity index (χ3n) is 9.71. The molecule has 2 N–H and O–H groups in total. The van der Waals surface area contributed by atoms with Crippen LogP contribution in [0.5, 0.6) is 0 Å². The summed E-state index contributed by atoms with van der Waals surface area (Å²) in [5.41, 5.74) is 1.90. The highest BCUT2D eigenvalue weighted by molar-refractivity contribution is 5.25. The number of hydrogen-bond donors (Lipinski definition) is 2. The molecule has 4 heteroatoms. The zero-order valence-corrected chi connectivity index (χ0v) is 17.8. The van der Waals surface area contributed by atoms with E-state index in [9.17, 15) is 19.0 Å². The molecule has 0 saturated heterocycles. The highest BCUT2D eigenvalue weighted by Crippen LogP contribution is 2.66. The topological polar surface area (TPSA) is 40.5 Å². The van der Waals surface area contributed by atoms with Gasteiger partial charge < -0.3 is 10.2 Å². The molecule has 0 aromatic rings. The third-order valence-corrected chi connectivity index (χ3v) is 9.71. The van der Waals surface area contributed by atoms with Gasteiger partial charge in [0.15, 0.2) is 0 Å². The van der Waals surface area contributed by atoms with Gasteiger partial charge in [-0.3, -0.25) is 0 Å². The van der Waals surface area contributed by atoms with Gasteiger partial charge in [0.05, 0.1) is 6.10 Å². The lowest BCUT2D eigenvalue weighted by atomic mass is 9.47. The fraction of sp³-hybridized carbons (Fsp3) is 0.917. The lowest BCUT2D eigenvalue weighted by molar-refractivity contribution is -0.112. The molecule has 4 aliphatic rings. The minimum Gasteiger partial charge on any atom is -0.393 e. The van der Waals surface area contributed by atoms with Crippen LogP contribution < -0.4 is 0 Å². The summed E-state index contributed by atoms with van der Waals surface area (Å²) in [5.74, 6) is -0.613. The van der Waals surface area contributed by atoms with Crippen LogP contribution in [0.15, 0.2) is 11.6 Å². The molecular weight excluding hydrogens is 358 g/mol. The first kappa shape index (κ1) is 20.8. The molecule has 8 unspecified atom stereocenters. The molecule has 0 spiro atoms. The van der Waals surface area contributed by atoms with Gasteiger partial charge in [-0.15, -0.1) is 0 Å². The largest absolute Gasteiger partial charge is 0.393 e. The molecule has 0 amide bonds. The van der Waals surface area contributed by atoms with E-state index in [0.717, 1.165) is 38.5 Å². The Morgan fingerprint density at radius 1 is 1.14 bits per heavy atom. The molecule has 160 valence electrons. The van der Waals surface area contributed by atoms with Crippen LogP contribution >= 0.6 is 0 Å². The monoisotopic (exact) mass is 396 g/mol. The molecule has 0 aromatic carbocycles. The quantitative estimate of drug-likeness (QED) is 0.597. The minimum atomic E-state index is -2.97. The van der Waals surface area contributed by atoms with E-state index in [4.69, 9.17) is 0 Å². The molecule has 0 radical (unpaired) electrons.